The van der Waals surface area contributed by atoms with E-state index in [1.165, 1.54) is 25.7 Å². The topological polar surface area (TPSA) is 0 Å². The molecular formula is C15H24. The highest BCUT2D eigenvalue weighted by molar-refractivity contribution is 5.25. The summed E-state index contributed by atoms with van der Waals surface area (Å²) in [6.45, 7) is 11.7. The second-order valence-electron chi connectivity index (χ2n) is 6.81. The summed E-state index contributed by atoms with van der Waals surface area (Å²) in [6.07, 6.45) is 5.75. The van der Waals surface area contributed by atoms with Crippen molar-refractivity contribution in [3.63, 3.8) is 0 Å². The Morgan fingerprint density at radius 2 is 2.07 bits per heavy atom. The van der Waals surface area contributed by atoms with Crippen molar-refractivity contribution in [1.82, 2.24) is 0 Å². The Labute approximate surface area is 94.1 Å². The van der Waals surface area contributed by atoms with Gasteiger partial charge in [-0.15, -0.1) is 0 Å². The van der Waals surface area contributed by atoms with E-state index in [1.54, 1.807) is 5.57 Å². The van der Waals surface area contributed by atoms with E-state index in [1.807, 2.05) is 0 Å². The first-order valence-corrected chi connectivity index (χ1v) is 6.73. The van der Waals surface area contributed by atoms with Crippen LogP contribution < -0.4 is 0 Å². The van der Waals surface area contributed by atoms with Gasteiger partial charge < -0.3 is 0 Å². The van der Waals surface area contributed by atoms with Crippen molar-refractivity contribution in [2.75, 3.05) is 0 Å². The molecule has 3 rings (SSSR count). The number of rotatable bonds is 1. The molecule has 0 heterocycles. The molecule has 84 valence electrons. The molecule has 0 aromatic rings. The lowest BCUT2D eigenvalue weighted by Gasteiger charge is -2.57. The quantitative estimate of drug-likeness (QED) is 0.559. The Morgan fingerprint density at radius 1 is 1.33 bits per heavy atom. The molecule has 0 aromatic heterocycles. The summed E-state index contributed by atoms with van der Waals surface area (Å²) in [5, 5.41) is 0. The Kier molecular flexibility index (Phi) is 1.92. The maximum Gasteiger partial charge on any atom is -0.0136 e. The molecule has 3 saturated carbocycles. The number of allylic oxidation sites excluding steroid dienone is 1. The molecule has 0 radical (unpaired) electrons. The summed E-state index contributed by atoms with van der Waals surface area (Å²) in [7, 11) is 0. The SMILES string of the molecule is C=C1CC[C@H]2[C@H]1[C@H]1[C@H](C(C)C)CC[C@@]12C. The molecule has 3 aliphatic rings. The van der Waals surface area contributed by atoms with Gasteiger partial charge in [0.15, 0.2) is 0 Å². The van der Waals surface area contributed by atoms with Crippen LogP contribution in [-0.2, 0) is 0 Å². The average Bonchev–Trinajstić information content (AvgIpc) is 2.62. The summed E-state index contributed by atoms with van der Waals surface area (Å²) < 4.78 is 0. The molecule has 0 nitrogen and oxygen atoms in total. The van der Waals surface area contributed by atoms with Crippen LogP contribution in [0.2, 0.25) is 0 Å². The molecule has 0 heteroatoms. The molecule has 0 saturated heterocycles. The van der Waals surface area contributed by atoms with Gasteiger partial charge in [-0.3, -0.25) is 0 Å². The molecule has 0 unspecified atom stereocenters. The highest BCUT2D eigenvalue weighted by atomic mass is 14.7. The van der Waals surface area contributed by atoms with Gasteiger partial charge in [0, 0.05) is 0 Å². The maximum atomic E-state index is 4.32. The smallest absolute Gasteiger partial charge is 0.0136 e. The maximum absolute atomic E-state index is 4.32. The zero-order valence-electron chi connectivity index (χ0n) is 10.4. The van der Waals surface area contributed by atoms with E-state index in [0.717, 1.165) is 29.6 Å². The van der Waals surface area contributed by atoms with E-state index in [0.29, 0.717) is 5.41 Å². The Balaban J connectivity index is 1.91. The van der Waals surface area contributed by atoms with Crippen molar-refractivity contribution in [3.8, 4) is 0 Å². The average molecular weight is 204 g/mol. The van der Waals surface area contributed by atoms with Gasteiger partial charge in [-0.2, -0.15) is 0 Å². The van der Waals surface area contributed by atoms with E-state index in [4.69, 9.17) is 0 Å². The lowest BCUT2D eigenvalue weighted by Crippen LogP contribution is -2.52. The van der Waals surface area contributed by atoms with Crippen LogP contribution in [0.15, 0.2) is 12.2 Å². The molecule has 0 amide bonds. The molecule has 0 N–H and O–H groups in total. The monoisotopic (exact) mass is 204 g/mol. The summed E-state index contributed by atoms with van der Waals surface area (Å²) in [5.41, 5.74) is 2.30. The third kappa shape index (κ3) is 1.04. The van der Waals surface area contributed by atoms with E-state index in [9.17, 15) is 0 Å². The normalized spacial score (nSPS) is 52.9. The third-order valence-corrected chi connectivity index (χ3v) is 6.01. The van der Waals surface area contributed by atoms with Gasteiger partial charge >= 0.3 is 0 Å². The van der Waals surface area contributed by atoms with Gasteiger partial charge in [-0.25, -0.2) is 0 Å². The summed E-state index contributed by atoms with van der Waals surface area (Å²) >= 11 is 0. The number of hydrogen-bond donors (Lipinski definition) is 0. The molecule has 15 heavy (non-hydrogen) atoms. The van der Waals surface area contributed by atoms with E-state index in [-0.39, 0.29) is 0 Å². The first-order chi connectivity index (χ1) is 7.05. The molecule has 0 spiro atoms. The minimum absolute atomic E-state index is 0.707. The Morgan fingerprint density at radius 3 is 2.73 bits per heavy atom. The van der Waals surface area contributed by atoms with Crippen LogP contribution in [0.3, 0.4) is 0 Å². The zero-order chi connectivity index (χ0) is 10.8. The molecular weight excluding hydrogens is 180 g/mol. The first kappa shape index (κ1) is 9.93. The van der Waals surface area contributed by atoms with Crippen LogP contribution in [0.25, 0.3) is 0 Å². The fraction of sp³-hybridized carbons (Fsp3) is 0.867. The summed E-state index contributed by atoms with van der Waals surface area (Å²) in [6, 6.07) is 0. The molecule has 3 fully saturated rings. The minimum atomic E-state index is 0.707. The highest BCUT2D eigenvalue weighted by Crippen LogP contribution is 2.73. The molecule has 0 aliphatic heterocycles. The third-order valence-electron chi connectivity index (χ3n) is 6.01. The van der Waals surface area contributed by atoms with E-state index >= 15 is 0 Å². The minimum Gasteiger partial charge on any atom is -0.0996 e. The van der Waals surface area contributed by atoms with E-state index in [2.05, 4.69) is 27.4 Å². The molecule has 0 aromatic carbocycles. The lowest BCUT2D eigenvalue weighted by atomic mass is 9.47. The summed E-state index contributed by atoms with van der Waals surface area (Å²) in [4.78, 5) is 0. The van der Waals surface area contributed by atoms with Crippen molar-refractivity contribution in [2.24, 2.45) is 35.0 Å². The van der Waals surface area contributed by atoms with Gasteiger partial charge in [-0.05, 0) is 60.7 Å². The standard InChI is InChI=1S/C15H24/c1-9(2)11-7-8-15(4)12-6-5-10(3)13(12)14(11)15/h9,11-14H,3,5-8H2,1-2,4H3/t11-,12-,13-,14+,15+/m0/s1. The highest BCUT2D eigenvalue weighted by Gasteiger charge is 2.66. The fourth-order valence-corrected chi connectivity index (χ4v) is 5.27. The fourth-order valence-electron chi connectivity index (χ4n) is 5.27. The van der Waals surface area contributed by atoms with Gasteiger partial charge in [0.2, 0.25) is 0 Å². The van der Waals surface area contributed by atoms with Crippen molar-refractivity contribution in [3.05, 3.63) is 12.2 Å². The number of fused-ring (bicyclic) bond motifs is 4. The predicted molar refractivity (Wildman–Crippen MR) is 64.5 cm³/mol. The van der Waals surface area contributed by atoms with Gasteiger partial charge in [0.25, 0.3) is 0 Å². The van der Waals surface area contributed by atoms with Crippen LogP contribution in [-0.4, -0.2) is 0 Å². The predicted octanol–water partition coefficient (Wildman–Crippen LogP) is 4.27. The van der Waals surface area contributed by atoms with Gasteiger partial charge in [0.05, 0.1) is 0 Å². The molecule has 5 atom stereocenters. The van der Waals surface area contributed by atoms with Crippen molar-refractivity contribution in [2.45, 2.75) is 46.5 Å². The van der Waals surface area contributed by atoms with Gasteiger partial charge in [-0.1, -0.05) is 32.9 Å². The molecule has 0 bridgehead atoms. The van der Waals surface area contributed by atoms with Crippen LogP contribution in [0, 0.1) is 35.0 Å². The van der Waals surface area contributed by atoms with Gasteiger partial charge in [0.1, 0.15) is 0 Å². The Bertz CT molecular complexity index is 301. The van der Waals surface area contributed by atoms with E-state index < -0.39 is 0 Å². The molecule has 3 aliphatic carbocycles. The van der Waals surface area contributed by atoms with Crippen LogP contribution in [0.1, 0.15) is 46.5 Å². The van der Waals surface area contributed by atoms with Crippen molar-refractivity contribution >= 4 is 0 Å². The van der Waals surface area contributed by atoms with Crippen molar-refractivity contribution in [1.29, 1.82) is 0 Å². The Hall–Kier alpha value is -0.260. The summed E-state index contributed by atoms with van der Waals surface area (Å²) in [5.74, 6) is 4.80. The van der Waals surface area contributed by atoms with Crippen LogP contribution >= 0.6 is 0 Å². The lowest BCUT2D eigenvalue weighted by molar-refractivity contribution is -0.0770. The second kappa shape index (κ2) is 2.90. The zero-order valence-corrected chi connectivity index (χ0v) is 10.4. The first-order valence-electron chi connectivity index (χ1n) is 6.73. The van der Waals surface area contributed by atoms with Crippen molar-refractivity contribution < 1.29 is 0 Å². The van der Waals surface area contributed by atoms with Crippen LogP contribution in [0.5, 0.6) is 0 Å². The van der Waals surface area contributed by atoms with Crippen LogP contribution in [0.4, 0.5) is 0 Å². The second-order valence-corrected chi connectivity index (χ2v) is 6.81. The largest absolute Gasteiger partial charge is 0.0996 e. The number of hydrogen-bond acceptors (Lipinski definition) is 0.